The van der Waals surface area contributed by atoms with Gasteiger partial charge in [-0.2, -0.15) is 0 Å². The zero-order valence-electron chi connectivity index (χ0n) is 23.3. The molecule has 0 unspecified atom stereocenters. The lowest BCUT2D eigenvalue weighted by molar-refractivity contribution is 0.355. The van der Waals surface area contributed by atoms with Gasteiger partial charge >= 0.3 is 0 Å². The first-order valence-electron chi connectivity index (χ1n) is 13.1. The zero-order valence-corrected chi connectivity index (χ0v) is 23.3. The summed E-state index contributed by atoms with van der Waals surface area (Å²) in [7, 11) is 0. The summed E-state index contributed by atoms with van der Waals surface area (Å²) in [5.41, 5.74) is 1.15. The van der Waals surface area contributed by atoms with Crippen LogP contribution in [0.25, 0.3) is 16.5 Å². The van der Waals surface area contributed by atoms with Crippen molar-refractivity contribution in [2.45, 2.75) is 40.5 Å². The summed E-state index contributed by atoms with van der Waals surface area (Å²) in [4.78, 5) is 5.18. The van der Waals surface area contributed by atoms with Crippen LogP contribution in [0.15, 0.2) is 71.5 Å². The summed E-state index contributed by atoms with van der Waals surface area (Å²) >= 11 is 0. The van der Waals surface area contributed by atoms with Gasteiger partial charge in [0.2, 0.25) is 5.82 Å². The predicted octanol–water partition coefficient (Wildman–Crippen LogP) is 9.32. The monoisotopic (exact) mass is 563 g/mol. The Bertz CT molecular complexity index is 1500. The average molecular weight is 564 g/mol. The highest BCUT2D eigenvalue weighted by molar-refractivity contribution is 5.81. The van der Waals surface area contributed by atoms with Crippen LogP contribution in [-0.4, -0.2) is 13.1 Å². The molecule has 2 aromatic rings. The van der Waals surface area contributed by atoms with E-state index in [1.165, 1.54) is 12.1 Å². The molecule has 0 atom stereocenters. The molecule has 0 aromatic heterocycles. The minimum atomic E-state index is -2.31. The number of benzene rings is 2. The average Bonchev–Trinajstić information content (AvgIpc) is 2.95. The van der Waals surface area contributed by atoms with Crippen LogP contribution in [0.3, 0.4) is 0 Å². The van der Waals surface area contributed by atoms with Crippen molar-refractivity contribution in [3.8, 4) is 6.07 Å². The van der Waals surface area contributed by atoms with E-state index in [0.717, 1.165) is 48.0 Å². The Labute approximate surface area is 237 Å². The first kappa shape index (κ1) is 31.1. The van der Waals surface area contributed by atoms with Gasteiger partial charge in [0, 0.05) is 29.9 Å². The van der Waals surface area contributed by atoms with Gasteiger partial charge in [0.05, 0.1) is 12.6 Å². The summed E-state index contributed by atoms with van der Waals surface area (Å²) in [6.45, 7) is 17.4. The quantitative estimate of drug-likeness (QED) is 0.0800. The fourth-order valence-electron chi connectivity index (χ4n) is 4.85. The lowest BCUT2D eigenvalue weighted by Crippen LogP contribution is -2.21. The van der Waals surface area contributed by atoms with Crippen molar-refractivity contribution >= 4 is 17.3 Å². The first-order chi connectivity index (χ1) is 19.5. The number of nitriles is 1. The van der Waals surface area contributed by atoms with E-state index in [2.05, 4.69) is 61.7 Å². The van der Waals surface area contributed by atoms with Gasteiger partial charge < -0.3 is 4.90 Å². The minimum absolute atomic E-state index is 0.116. The molecule has 8 heteroatoms. The van der Waals surface area contributed by atoms with Crippen LogP contribution < -0.4 is 4.90 Å². The third-order valence-corrected chi connectivity index (χ3v) is 6.77. The van der Waals surface area contributed by atoms with Crippen molar-refractivity contribution in [3.05, 3.63) is 123 Å². The van der Waals surface area contributed by atoms with E-state index in [1.54, 1.807) is 6.08 Å². The fourth-order valence-corrected chi connectivity index (χ4v) is 4.85. The standard InChI is InChI=1S/C33H30F5N3/c1-6-41(7-2)24-15-13-21(14-16-24)11-12-23-17-22(18-33(3,4)19-23)9-8-10-25(26(20-39)40-5)27-28(34)30(36)32(38)31(37)29(27)35/h8-17H,6-7,18-19H2,1-4H3/b10-8+,12-11+,22-9-,26-25+. The van der Waals surface area contributed by atoms with Gasteiger partial charge in [0.25, 0.3) is 5.70 Å². The van der Waals surface area contributed by atoms with Gasteiger partial charge in [0.1, 0.15) is 0 Å². The topological polar surface area (TPSA) is 31.4 Å². The molecule has 0 saturated heterocycles. The Morgan fingerprint density at radius 1 is 0.951 bits per heavy atom. The van der Waals surface area contributed by atoms with Crippen LogP contribution in [0.1, 0.15) is 51.7 Å². The second-order valence-corrected chi connectivity index (χ2v) is 10.4. The maximum absolute atomic E-state index is 14.5. The van der Waals surface area contributed by atoms with E-state index in [4.69, 9.17) is 6.57 Å². The summed E-state index contributed by atoms with van der Waals surface area (Å²) in [6, 6.07) is 9.73. The Morgan fingerprint density at radius 3 is 2.07 bits per heavy atom. The van der Waals surface area contributed by atoms with Gasteiger partial charge in [-0.1, -0.05) is 62.4 Å². The Morgan fingerprint density at radius 2 is 1.54 bits per heavy atom. The SMILES string of the molecule is [C-]#[N+]\C(C#N)=C(/C=C/C=C1C=C(/C=C/c2ccc(N(CC)CC)cc2)CC(C)(C)C/1)c1c(F)c(F)c(F)c(F)c1F. The highest BCUT2D eigenvalue weighted by atomic mass is 19.2. The van der Waals surface area contributed by atoms with Crippen LogP contribution in [0.4, 0.5) is 27.6 Å². The number of hydrogen-bond donors (Lipinski definition) is 0. The van der Waals surface area contributed by atoms with Crippen LogP contribution in [0.2, 0.25) is 0 Å². The predicted molar refractivity (Wildman–Crippen MR) is 153 cm³/mol. The van der Waals surface area contributed by atoms with E-state index < -0.39 is 45.9 Å². The molecule has 0 bridgehead atoms. The molecule has 212 valence electrons. The van der Waals surface area contributed by atoms with Gasteiger partial charge in [-0.15, -0.1) is 0 Å². The zero-order chi connectivity index (χ0) is 30.3. The maximum atomic E-state index is 14.5. The highest BCUT2D eigenvalue weighted by Gasteiger charge is 2.28. The summed E-state index contributed by atoms with van der Waals surface area (Å²) in [6.07, 6.45) is 11.5. The molecule has 41 heavy (non-hydrogen) atoms. The van der Waals surface area contributed by atoms with Crippen molar-refractivity contribution in [1.82, 2.24) is 0 Å². The van der Waals surface area contributed by atoms with Crippen LogP contribution in [0, 0.1) is 52.4 Å². The number of anilines is 1. The van der Waals surface area contributed by atoms with Crippen LogP contribution in [0.5, 0.6) is 0 Å². The van der Waals surface area contributed by atoms with E-state index in [0.29, 0.717) is 6.42 Å². The minimum Gasteiger partial charge on any atom is -0.372 e. The highest BCUT2D eigenvalue weighted by Crippen LogP contribution is 2.39. The van der Waals surface area contributed by atoms with Gasteiger partial charge in [0.15, 0.2) is 23.3 Å². The first-order valence-corrected chi connectivity index (χ1v) is 13.1. The molecule has 0 fully saturated rings. The molecule has 3 nitrogen and oxygen atoms in total. The number of nitrogens with zero attached hydrogens (tertiary/aromatic N) is 3. The van der Waals surface area contributed by atoms with Gasteiger partial charge in [-0.05, 0) is 60.9 Å². The lowest BCUT2D eigenvalue weighted by Gasteiger charge is -2.30. The van der Waals surface area contributed by atoms with Crippen LogP contribution in [-0.2, 0) is 0 Å². The third-order valence-electron chi connectivity index (χ3n) is 6.77. The van der Waals surface area contributed by atoms with E-state index in [-0.39, 0.29) is 5.41 Å². The number of allylic oxidation sites excluding steroid dienone is 9. The molecular formula is C33H30F5N3. The lowest BCUT2D eigenvalue weighted by atomic mass is 9.75. The van der Waals surface area contributed by atoms with Crippen LogP contribution >= 0.6 is 0 Å². The van der Waals surface area contributed by atoms with Crippen molar-refractivity contribution in [2.75, 3.05) is 18.0 Å². The Balaban J connectivity index is 1.96. The maximum Gasteiger partial charge on any atom is 0.269 e. The molecule has 2 aromatic carbocycles. The normalized spacial score (nSPS) is 16.5. The van der Waals surface area contributed by atoms with Crippen molar-refractivity contribution in [3.63, 3.8) is 0 Å². The van der Waals surface area contributed by atoms with Crippen molar-refractivity contribution in [2.24, 2.45) is 5.41 Å². The summed E-state index contributed by atoms with van der Waals surface area (Å²) < 4.78 is 70.3. The molecule has 0 saturated carbocycles. The second-order valence-electron chi connectivity index (χ2n) is 10.4. The van der Waals surface area contributed by atoms with Crippen molar-refractivity contribution in [1.29, 1.82) is 5.26 Å². The molecule has 0 spiro atoms. The van der Waals surface area contributed by atoms with E-state index >= 15 is 0 Å². The Kier molecular flexibility index (Phi) is 10.1. The molecule has 3 rings (SSSR count). The molecule has 0 N–H and O–H groups in total. The van der Waals surface area contributed by atoms with Gasteiger partial charge in [-0.25, -0.2) is 32.1 Å². The Hall–Kier alpha value is -4.43. The largest absolute Gasteiger partial charge is 0.372 e. The smallest absolute Gasteiger partial charge is 0.269 e. The number of rotatable bonds is 8. The summed E-state index contributed by atoms with van der Waals surface area (Å²) in [5.74, 6) is -10.8. The molecule has 0 amide bonds. The molecule has 0 heterocycles. The molecule has 0 radical (unpaired) electrons. The molecular weight excluding hydrogens is 533 g/mol. The summed E-state index contributed by atoms with van der Waals surface area (Å²) in [5, 5.41) is 9.31. The fraction of sp³-hybridized carbons (Fsp3) is 0.273. The number of hydrogen-bond acceptors (Lipinski definition) is 2. The van der Waals surface area contributed by atoms with E-state index in [9.17, 15) is 27.2 Å². The molecule has 0 aliphatic heterocycles. The number of halogens is 5. The van der Waals surface area contributed by atoms with E-state index in [1.807, 2.05) is 18.2 Å². The second kappa shape index (κ2) is 13.3. The molecule has 1 aliphatic rings. The molecule has 1 aliphatic carbocycles. The van der Waals surface area contributed by atoms with Crippen molar-refractivity contribution < 1.29 is 22.0 Å². The van der Waals surface area contributed by atoms with Gasteiger partial charge in [-0.3, -0.25) is 0 Å². The third kappa shape index (κ3) is 7.21.